The van der Waals surface area contributed by atoms with Crippen LogP contribution in [0.15, 0.2) is 42.5 Å². The Morgan fingerprint density at radius 1 is 1.25 bits per heavy atom. The van der Waals surface area contributed by atoms with Crippen molar-refractivity contribution in [2.75, 3.05) is 19.0 Å². The van der Waals surface area contributed by atoms with E-state index in [1.807, 2.05) is 41.9 Å². The van der Waals surface area contributed by atoms with E-state index in [0.717, 1.165) is 27.9 Å². The van der Waals surface area contributed by atoms with Crippen molar-refractivity contribution < 1.29 is 14.3 Å². The number of carbonyl (C=O) groups is 1. The molecule has 0 fully saturated rings. The molecule has 140 valence electrons. The highest BCUT2D eigenvalue weighted by atomic mass is 16.5. The SMILES string of the molecule is CC#CCOC(=O)Nc1cccc(-c2c(C#N)c3ccc(OC)cc3n2C)c1. The van der Waals surface area contributed by atoms with Gasteiger partial charge in [0.1, 0.15) is 11.8 Å². The molecule has 0 spiro atoms. The minimum atomic E-state index is -0.581. The predicted molar refractivity (Wildman–Crippen MR) is 108 cm³/mol. The zero-order valence-corrected chi connectivity index (χ0v) is 15.9. The first-order valence-corrected chi connectivity index (χ1v) is 8.59. The summed E-state index contributed by atoms with van der Waals surface area (Å²) in [5.41, 5.74) is 3.60. The zero-order chi connectivity index (χ0) is 20.1. The number of methoxy groups -OCH3 is 1. The largest absolute Gasteiger partial charge is 0.497 e. The van der Waals surface area contributed by atoms with Crippen LogP contribution in [0.3, 0.4) is 0 Å². The van der Waals surface area contributed by atoms with Gasteiger partial charge in [0.25, 0.3) is 0 Å². The maximum absolute atomic E-state index is 11.9. The van der Waals surface area contributed by atoms with Gasteiger partial charge in [-0.25, -0.2) is 4.79 Å². The van der Waals surface area contributed by atoms with E-state index in [1.54, 1.807) is 26.2 Å². The van der Waals surface area contributed by atoms with Gasteiger partial charge in [0.2, 0.25) is 0 Å². The highest BCUT2D eigenvalue weighted by Gasteiger charge is 2.17. The lowest BCUT2D eigenvalue weighted by molar-refractivity contribution is 0.176. The van der Waals surface area contributed by atoms with Gasteiger partial charge in [-0.3, -0.25) is 5.32 Å². The number of nitriles is 1. The Balaban J connectivity index is 2.00. The number of fused-ring (bicyclic) bond motifs is 1. The molecule has 1 N–H and O–H groups in total. The van der Waals surface area contributed by atoms with E-state index in [2.05, 4.69) is 23.2 Å². The van der Waals surface area contributed by atoms with E-state index in [9.17, 15) is 10.1 Å². The van der Waals surface area contributed by atoms with Crippen molar-refractivity contribution in [1.82, 2.24) is 4.57 Å². The molecule has 6 nitrogen and oxygen atoms in total. The van der Waals surface area contributed by atoms with Crippen LogP contribution in [0.25, 0.3) is 22.2 Å². The lowest BCUT2D eigenvalue weighted by Crippen LogP contribution is -2.13. The minimum Gasteiger partial charge on any atom is -0.497 e. The summed E-state index contributed by atoms with van der Waals surface area (Å²) in [6.07, 6.45) is -0.581. The Hall–Kier alpha value is -3.90. The van der Waals surface area contributed by atoms with Crippen LogP contribution in [0.2, 0.25) is 0 Å². The van der Waals surface area contributed by atoms with Crippen LogP contribution in [0.5, 0.6) is 5.75 Å². The van der Waals surface area contributed by atoms with E-state index in [0.29, 0.717) is 11.3 Å². The normalized spacial score (nSPS) is 9.93. The summed E-state index contributed by atoms with van der Waals surface area (Å²) in [5, 5.41) is 13.3. The number of ether oxygens (including phenoxy) is 2. The summed E-state index contributed by atoms with van der Waals surface area (Å²) in [6.45, 7) is 1.71. The van der Waals surface area contributed by atoms with Crippen molar-refractivity contribution in [3.8, 4) is 34.9 Å². The van der Waals surface area contributed by atoms with Crippen LogP contribution in [0.1, 0.15) is 12.5 Å². The average molecular weight is 373 g/mol. The summed E-state index contributed by atoms with van der Waals surface area (Å²) in [7, 11) is 3.51. The van der Waals surface area contributed by atoms with Crippen LogP contribution in [0.4, 0.5) is 10.5 Å². The molecule has 0 atom stereocenters. The molecule has 0 aliphatic rings. The first-order valence-electron chi connectivity index (χ1n) is 8.59. The van der Waals surface area contributed by atoms with Crippen molar-refractivity contribution in [3.63, 3.8) is 0 Å². The summed E-state index contributed by atoms with van der Waals surface area (Å²) >= 11 is 0. The van der Waals surface area contributed by atoms with Gasteiger partial charge in [-0.1, -0.05) is 18.1 Å². The molecule has 6 heteroatoms. The molecule has 28 heavy (non-hydrogen) atoms. The second-order valence-corrected chi connectivity index (χ2v) is 5.99. The van der Waals surface area contributed by atoms with E-state index >= 15 is 0 Å². The lowest BCUT2D eigenvalue weighted by Gasteiger charge is -2.09. The number of aromatic nitrogens is 1. The van der Waals surface area contributed by atoms with Gasteiger partial charge < -0.3 is 14.0 Å². The molecule has 2 aromatic carbocycles. The van der Waals surface area contributed by atoms with Crippen molar-refractivity contribution in [3.05, 3.63) is 48.0 Å². The molecule has 0 radical (unpaired) electrons. The number of benzene rings is 2. The van der Waals surface area contributed by atoms with Gasteiger partial charge in [0, 0.05) is 29.8 Å². The number of nitrogens with one attached hydrogen (secondary N) is 1. The summed E-state index contributed by atoms with van der Waals surface area (Å²) in [5.74, 6) is 6.05. The topological polar surface area (TPSA) is 76.3 Å². The van der Waals surface area contributed by atoms with Crippen molar-refractivity contribution in [2.45, 2.75) is 6.92 Å². The minimum absolute atomic E-state index is 0.0334. The second kappa shape index (κ2) is 8.20. The van der Waals surface area contributed by atoms with Gasteiger partial charge in [-0.15, -0.1) is 5.92 Å². The van der Waals surface area contributed by atoms with Gasteiger partial charge in [0.05, 0.1) is 23.9 Å². The first kappa shape index (κ1) is 18.9. The quantitative estimate of drug-likeness (QED) is 0.692. The number of hydrogen-bond acceptors (Lipinski definition) is 4. The first-order chi connectivity index (χ1) is 13.6. The third kappa shape index (κ3) is 3.62. The number of nitrogens with zero attached hydrogens (tertiary/aromatic N) is 2. The maximum Gasteiger partial charge on any atom is 0.412 e. The summed E-state index contributed by atoms with van der Waals surface area (Å²) in [4.78, 5) is 11.9. The molecule has 0 saturated carbocycles. The zero-order valence-electron chi connectivity index (χ0n) is 15.9. The van der Waals surface area contributed by atoms with Gasteiger partial charge in [0.15, 0.2) is 6.61 Å². The Kier molecular flexibility index (Phi) is 5.53. The standard InChI is InChI=1S/C22H19N3O3/c1-4-5-11-28-22(26)24-16-8-6-7-15(12-16)21-19(14-23)18-10-9-17(27-3)13-20(18)25(21)2/h6-10,12-13H,11H2,1-3H3,(H,24,26). The molecule has 1 heterocycles. The van der Waals surface area contributed by atoms with Crippen LogP contribution in [0, 0.1) is 23.2 Å². The molecular weight excluding hydrogens is 354 g/mol. The smallest absolute Gasteiger partial charge is 0.412 e. The molecule has 1 aromatic heterocycles. The maximum atomic E-state index is 11.9. The number of amides is 1. The fourth-order valence-corrected chi connectivity index (χ4v) is 3.07. The Morgan fingerprint density at radius 2 is 2.07 bits per heavy atom. The number of aryl methyl sites for hydroxylation is 1. The molecule has 3 rings (SSSR count). The molecule has 0 aliphatic carbocycles. The summed E-state index contributed by atoms with van der Waals surface area (Å²) < 4.78 is 12.2. The third-order valence-corrected chi connectivity index (χ3v) is 4.35. The molecular formula is C22H19N3O3. The predicted octanol–water partition coefficient (Wildman–Crippen LogP) is 4.30. The van der Waals surface area contributed by atoms with Crippen LogP contribution in [-0.2, 0) is 11.8 Å². The second-order valence-electron chi connectivity index (χ2n) is 5.99. The number of hydrogen-bond donors (Lipinski definition) is 1. The average Bonchev–Trinajstić information content (AvgIpc) is 2.99. The molecule has 0 bridgehead atoms. The van der Waals surface area contributed by atoms with Gasteiger partial charge in [-0.05, 0) is 31.2 Å². The molecule has 3 aromatic rings. The number of anilines is 1. The van der Waals surface area contributed by atoms with Crippen LogP contribution < -0.4 is 10.1 Å². The van der Waals surface area contributed by atoms with E-state index in [4.69, 9.17) is 9.47 Å². The van der Waals surface area contributed by atoms with E-state index < -0.39 is 6.09 Å². The fraction of sp³-hybridized carbons (Fsp3) is 0.182. The van der Waals surface area contributed by atoms with Gasteiger partial charge in [-0.2, -0.15) is 5.26 Å². The number of rotatable bonds is 4. The van der Waals surface area contributed by atoms with Crippen molar-refractivity contribution in [2.24, 2.45) is 7.05 Å². The Labute approximate surface area is 163 Å². The molecule has 0 aliphatic heterocycles. The summed E-state index contributed by atoms with van der Waals surface area (Å²) in [6, 6.07) is 15.2. The van der Waals surface area contributed by atoms with Gasteiger partial charge >= 0.3 is 6.09 Å². The number of carbonyl (C=O) groups excluding carboxylic acids is 1. The molecule has 1 amide bonds. The Bertz CT molecular complexity index is 1140. The van der Waals surface area contributed by atoms with Crippen molar-refractivity contribution in [1.29, 1.82) is 5.26 Å². The van der Waals surface area contributed by atoms with E-state index in [-0.39, 0.29) is 6.61 Å². The highest BCUT2D eigenvalue weighted by Crippen LogP contribution is 2.35. The van der Waals surface area contributed by atoms with E-state index in [1.165, 1.54) is 0 Å². The lowest BCUT2D eigenvalue weighted by atomic mass is 10.1. The molecule has 0 saturated heterocycles. The van der Waals surface area contributed by atoms with Crippen LogP contribution in [-0.4, -0.2) is 24.4 Å². The molecule has 0 unspecified atom stereocenters. The third-order valence-electron chi connectivity index (χ3n) is 4.35. The Morgan fingerprint density at radius 3 is 2.79 bits per heavy atom. The fourth-order valence-electron chi connectivity index (χ4n) is 3.07. The van der Waals surface area contributed by atoms with Crippen LogP contribution >= 0.6 is 0 Å². The highest BCUT2D eigenvalue weighted by molar-refractivity contribution is 5.96. The monoisotopic (exact) mass is 373 g/mol. The van der Waals surface area contributed by atoms with Crippen molar-refractivity contribution >= 4 is 22.7 Å².